The molecule has 1 unspecified atom stereocenters. The number of carbonyl (C=O) groups is 1. The zero-order valence-electron chi connectivity index (χ0n) is 9.83. The number of carbonyl (C=O) groups excluding carboxylic acids is 1. The number of hydrazine groups is 1. The van der Waals surface area contributed by atoms with E-state index < -0.39 is 0 Å². The molecule has 0 aromatic rings. The Morgan fingerprint density at radius 1 is 1.25 bits per heavy atom. The molecule has 0 aromatic carbocycles. The highest BCUT2D eigenvalue weighted by Crippen LogP contribution is 1.96. The van der Waals surface area contributed by atoms with Crippen molar-refractivity contribution >= 4 is 5.91 Å². The lowest BCUT2D eigenvalue weighted by Gasteiger charge is -2.34. The molecule has 2 saturated heterocycles. The second-order valence-electron chi connectivity index (χ2n) is 4.48. The van der Waals surface area contributed by atoms with Gasteiger partial charge in [0.25, 0.3) is 5.91 Å². The highest BCUT2D eigenvalue weighted by Gasteiger charge is 2.23. The normalized spacial score (nSPS) is 28.9. The molecule has 1 amide bonds. The molecular weight excluding hydrogens is 206 g/mol. The molecule has 16 heavy (non-hydrogen) atoms. The Hall–Kier alpha value is -0.690. The fourth-order valence-electron chi connectivity index (χ4n) is 1.99. The summed E-state index contributed by atoms with van der Waals surface area (Å²) in [7, 11) is 2.10. The van der Waals surface area contributed by atoms with Crippen LogP contribution in [0, 0.1) is 0 Å². The fourth-order valence-corrected chi connectivity index (χ4v) is 1.99. The first kappa shape index (κ1) is 11.8. The molecule has 0 spiro atoms. The summed E-state index contributed by atoms with van der Waals surface area (Å²) in [5, 5.41) is 8.43. The van der Waals surface area contributed by atoms with Crippen molar-refractivity contribution in [3.8, 4) is 0 Å². The SMILES string of the molecule is CN1CCN(NC(=O)C2CNCCN2)CC1. The van der Waals surface area contributed by atoms with Crippen molar-refractivity contribution in [1.29, 1.82) is 0 Å². The Balaban J connectivity index is 1.73. The summed E-state index contributed by atoms with van der Waals surface area (Å²) < 4.78 is 0. The Morgan fingerprint density at radius 2 is 2.00 bits per heavy atom. The molecule has 2 aliphatic rings. The Labute approximate surface area is 96.3 Å². The number of nitrogens with zero attached hydrogens (tertiary/aromatic N) is 2. The largest absolute Gasteiger partial charge is 0.313 e. The van der Waals surface area contributed by atoms with Crippen LogP contribution in [0.3, 0.4) is 0 Å². The summed E-state index contributed by atoms with van der Waals surface area (Å²) >= 11 is 0. The van der Waals surface area contributed by atoms with E-state index >= 15 is 0 Å². The minimum absolute atomic E-state index is 0.0803. The number of hydrogen-bond donors (Lipinski definition) is 3. The quantitative estimate of drug-likeness (QED) is 0.501. The van der Waals surface area contributed by atoms with Crippen LogP contribution in [0.1, 0.15) is 0 Å². The van der Waals surface area contributed by atoms with Gasteiger partial charge in [0.05, 0.1) is 0 Å². The third-order valence-electron chi connectivity index (χ3n) is 3.13. The van der Waals surface area contributed by atoms with Gasteiger partial charge in [-0.2, -0.15) is 0 Å². The number of likely N-dealkylation sites (N-methyl/N-ethyl adjacent to an activating group) is 1. The topological polar surface area (TPSA) is 59.6 Å². The average molecular weight is 227 g/mol. The molecule has 0 bridgehead atoms. The molecule has 0 radical (unpaired) electrons. The lowest BCUT2D eigenvalue weighted by molar-refractivity contribution is -0.129. The van der Waals surface area contributed by atoms with E-state index in [0.29, 0.717) is 0 Å². The molecule has 2 fully saturated rings. The van der Waals surface area contributed by atoms with Gasteiger partial charge in [-0.1, -0.05) is 0 Å². The highest BCUT2D eigenvalue weighted by atomic mass is 16.2. The molecule has 6 nitrogen and oxygen atoms in total. The van der Waals surface area contributed by atoms with Crippen LogP contribution in [0.5, 0.6) is 0 Å². The van der Waals surface area contributed by atoms with Gasteiger partial charge in [0.2, 0.25) is 0 Å². The maximum absolute atomic E-state index is 11.9. The van der Waals surface area contributed by atoms with Crippen molar-refractivity contribution < 1.29 is 4.79 Å². The van der Waals surface area contributed by atoms with Gasteiger partial charge in [0.15, 0.2) is 0 Å². The van der Waals surface area contributed by atoms with Crippen LogP contribution in [-0.4, -0.2) is 74.7 Å². The molecule has 0 aliphatic carbocycles. The zero-order valence-corrected chi connectivity index (χ0v) is 9.83. The van der Waals surface area contributed by atoms with Crippen molar-refractivity contribution in [3.05, 3.63) is 0 Å². The van der Waals surface area contributed by atoms with E-state index in [-0.39, 0.29) is 11.9 Å². The number of piperazine rings is 2. The lowest BCUT2D eigenvalue weighted by atomic mass is 10.2. The molecule has 2 heterocycles. The Bertz CT molecular complexity index is 233. The molecule has 3 N–H and O–H groups in total. The van der Waals surface area contributed by atoms with Gasteiger partial charge in [0, 0.05) is 45.8 Å². The van der Waals surface area contributed by atoms with Crippen molar-refractivity contribution in [1.82, 2.24) is 26.0 Å². The van der Waals surface area contributed by atoms with Gasteiger partial charge in [-0.05, 0) is 7.05 Å². The number of rotatable bonds is 2. The monoisotopic (exact) mass is 227 g/mol. The molecule has 0 saturated carbocycles. The van der Waals surface area contributed by atoms with E-state index in [4.69, 9.17) is 0 Å². The summed E-state index contributed by atoms with van der Waals surface area (Å²) in [5.74, 6) is 0.0803. The van der Waals surface area contributed by atoms with Crippen molar-refractivity contribution in [2.24, 2.45) is 0 Å². The second kappa shape index (κ2) is 5.58. The van der Waals surface area contributed by atoms with E-state index in [1.165, 1.54) is 0 Å². The predicted molar refractivity (Wildman–Crippen MR) is 61.9 cm³/mol. The fraction of sp³-hybridized carbons (Fsp3) is 0.900. The van der Waals surface area contributed by atoms with Gasteiger partial charge in [0.1, 0.15) is 6.04 Å². The van der Waals surface area contributed by atoms with Gasteiger partial charge < -0.3 is 15.5 Å². The van der Waals surface area contributed by atoms with Crippen LogP contribution in [0.25, 0.3) is 0 Å². The summed E-state index contributed by atoms with van der Waals surface area (Å²) in [6, 6.07) is -0.0894. The summed E-state index contributed by atoms with van der Waals surface area (Å²) in [5.41, 5.74) is 2.97. The number of amides is 1. The minimum atomic E-state index is -0.0894. The third-order valence-corrected chi connectivity index (χ3v) is 3.13. The summed E-state index contributed by atoms with van der Waals surface area (Å²) in [6.07, 6.45) is 0. The van der Waals surface area contributed by atoms with Crippen LogP contribution in [0.4, 0.5) is 0 Å². The van der Waals surface area contributed by atoms with Gasteiger partial charge in [-0.15, -0.1) is 0 Å². The first-order chi connectivity index (χ1) is 7.75. The number of nitrogens with one attached hydrogen (secondary N) is 3. The molecule has 92 valence electrons. The predicted octanol–water partition coefficient (Wildman–Crippen LogP) is -2.17. The van der Waals surface area contributed by atoms with Crippen LogP contribution in [0.2, 0.25) is 0 Å². The van der Waals surface area contributed by atoms with E-state index in [9.17, 15) is 4.79 Å². The molecular formula is C10H21N5O. The van der Waals surface area contributed by atoms with Gasteiger partial charge in [-0.25, -0.2) is 5.01 Å². The highest BCUT2D eigenvalue weighted by molar-refractivity contribution is 5.81. The van der Waals surface area contributed by atoms with E-state index in [2.05, 4.69) is 28.0 Å². The molecule has 0 aromatic heterocycles. The van der Waals surface area contributed by atoms with Crippen LogP contribution in [-0.2, 0) is 4.79 Å². The minimum Gasteiger partial charge on any atom is -0.313 e. The summed E-state index contributed by atoms with van der Waals surface area (Å²) in [4.78, 5) is 14.1. The average Bonchev–Trinajstić information content (AvgIpc) is 2.33. The Kier molecular flexibility index (Phi) is 4.11. The standard InChI is InChI=1S/C10H21N5O/c1-14-4-6-15(7-5-14)13-10(16)9-8-11-2-3-12-9/h9,11-12H,2-8H2,1H3,(H,13,16). The lowest BCUT2D eigenvalue weighted by Crippen LogP contribution is -2.60. The molecule has 6 heteroatoms. The van der Waals surface area contributed by atoms with Crippen LogP contribution in [0.15, 0.2) is 0 Å². The van der Waals surface area contributed by atoms with Crippen molar-refractivity contribution in [2.45, 2.75) is 6.04 Å². The van der Waals surface area contributed by atoms with Crippen LogP contribution < -0.4 is 16.1 Å². The van der Waals surface area contributed by atoms with Crippen molar-refractivity contribution in [3.63, 3.8) is 0 Å². The number of hydrogen-bond acceptors (Lipinski definition) is 5. The molecule has 2 rings (SSSR count). The van der Waals surface area contributed by atoms with Crippen molar-refractivity contribution in [2.75, 3.05) is 52.9 Å². The molecule has 2 aliphatic heterocycles. The third kappa shape index (κ3) is 3.15. The van der Waals surface area contributed by atoms with E-state index in [0.717, 1.165) is 45.8 Å². The first-order valence-corrected chi connectivity index (χ1v) is 5.94. The van der Waals surface area contributed by atoms with Crippen LogP contribution >= 0.6 is 0 Å². The summed E-state index contributed by atoms with van der Waals surface area (Å²) in [6.45, 7) is 6.36. The zero-order chi connectivity index (χ0) is 11.4. The smallest absolute Gasteiger partial charge is 0.252 e. The molecule has 1 atom stereocenters. The maximum atomic E-state index is 11.9. The van der Waals surface area contributed by atoms with E-state index in [1.54, 1.807) is 0 Å². The first-order valence-electron chi connectivity index (χ1n) is 5.94. The Morgan fingerprint density at radius 3 is 2.62 bits per heavy atom. The van der Waals surface area contributed by atoms with E-state index in [1.807, 2.05) is 5.01 Å². The van der Waals surface area contributed by atoms with Gasteiger partial charge in [-0.3, -0.25) is 10.2 Å². The second-order valence-corrected chi connectivity index (χ2v) is 4.48. The van der Waals surface area contributed by atoms with Gasteiger partial charge >= 0.3 is 0 Å². The maximum Gasteiger partial charge on any atom is 0.252 e.